The van der Waals surface area contributed by atoms with Gasteiger partial charge in [0, 0.05) is 13.1 Å². The summed E-state index contributed by atoms with van der Waals surface area (Å²) in [4.78, 5) is 2.39. The molecule has 4 saturated carbocycles. The van der Waals surface area contributed by atoms with E-state index in [0.717, 1.165) is 29.6 Å². The molecule has 0 radical (unpaired) electrons. The van der Waals surface area contributed by atoms with Crippen LogP contribution in [0.4, 0.5) is 0 Å². The average Bonchev–Trinajstić information content (AvgIpc) is 2.36. The molecule has 0 spiro atoms. The Morgan fingerprint density at radius 3 is 2.17 bits per heavy atom. The summed E-state index contributed by atoms with van der Waals surface area (Å²) in [5.74, 6) is 5.42. The van der Waals surface area contributed by atoms with Crippen molar-refractivity contribution in [1.82, 2.24) is 10.2 Å². The van der Waals surface area contributed by atoms with Gasteiger partial charge in [-0.25, -0.2) is 0 Å². The van der Waals surface area contributed by atoms with Gasteiger partial charge in [-0.1, -0.05) is 6.92 Å². The van der Waals surface area contributed by atoms with Crippen molar-refractivity contribution >= 4 is 0 Å². The molecule has 0 saturated heterocycles. The molecule has 0 unspecified atom stereocenters. The second-order valence-electron chi connectivity index (χ2n) is 7.19. The van der Waals surface area contributed by atoms with Gasteiger partial charge in [-0.15, -0.1) is 0 Å². The number of nitrogens with zero attached hydrogens (tertiary/aromatic N) is 1. The van der Waals surface area contributed by atoms with Gasteiger partial charge >= 0.3 is 0 Å². The summed E-state index contributed by atoms with van der Waals surface area (Å²) in [5.41, 5.74) is 0. The molecule has 0 aromatic carbocycles. The highest BCUT2D eigenvalue weighted by Crippen LogP contribution is 2.56. The van der Waals surface area contributed by atoms with Crippen molar-refractivity contribution in [2.45, 2.75) is 39.0 Å². The van der Waals surface area contributed by atoms with Gasteiger partial charge in [0.15, 0.2) is 0 Å². The van der Waals surface area contributed by atoms with Crippen LogP contribution in [0.3, 0.4) is 0 Å². The van der Waals surface area contributed by atoms with Crippen LogP contribution in [0.25, 0.3) is 0 Å². The van der Waals surface area contributed by atoms with Crippen molar-refractivity contribution in [3.8, 4) is 0 Å². The van der Waals surface area contributed by atoms with Gasteiger partial charge in [-0.05, 0) is 81.8 Å². The Bertz CT molecular complexity index is 248. The third kappa shape index (κ3) is 2.60. The monoisotopic (exact) mass is 250 g/mol. The summed E-state index contributed by atoms with van der Waals surface area (Å²) >= 11 is 0. The molecule has 104 valence electrons. The Morgan fingerprint density at radius 2 is 1.61 bits per heavy atom. The highest BCUT2D eigenvalue weighted by atomic mass is 15.1. The number of nitrogens with one attached hydrogen (secondary N) is 1. The van der Waals surface area contributed by atoms with Crippen LogP contribution in [0.15, 0.2) is 0 Å². The molecule has 0 aromatic rings. The normalized spacial score (nSPS) is 41.8. The van der Waals surface area contributed by atoms with E-state index in [1.165, 1.54) is 26.2 Å². The van der Waals surface area contributed by atoms with Crippen molar-refractivity contribution in [3.63, 3.8) is 0 Å². The molecule has 0 atom stereocenters. The smallest absolute Gasteiger partial charge is 0.0104 e. The first-order chi connectivity index (χ1) is 8.76. The summed E-state index contributed by atoms with van der Waals surface area (Å²) in [6, 6.07) is 0. The van der Waals surface area contributed by atoms with E-state index in [0.29, 0.717) is 0 Å². The first kappa shape index (κ1) is 12.9. The highest BCUT2D eigenvalue weighted by Gasteiger charge is 2.47. The SMILES string of the molecule is CCN(C)CCNCC1C2CC3CC(C2)CC1C3. The van der Waals surface area contributed by atoms with Crippen LogP contribution in [0, 0.1) is 29.6 Å². The van der Waals surface area contributed by atoms with E-state index < -0.39 is 0 Å². The zero-order valence-electron chi connectivity index (χ0n) is 12.2. The molecule has 4 fully saturated rings. The maximum Gasteiger partial charge on any atom is 0.0104 e. The molecule has 4 bridgehead atoms. The second-order valence-corrected chi connectivity index (χ2v) is 7.19. The summed E-state index contributed by atoms with van der Waals surface area (Å²) in [6.07, 6.45) is 7.83. The number of hydrogen-bond acceptors (Lipinski definition) is 2. The molecule has 4 rings (SSSR count). The Kier molecular flexibility index (Phi) is 3.95. The molecule has 0 aromatic heterocycles. The van der Waals surface area contributed by atoms with Crippen LogP contribution in [-0.2, 0) is 0 Å². The molecule has 0 amide bonds. The zero-order chi connectivity index (χ0) is 12.5. The van der Waals surface area contributed by atoms with E-state index in [9.17, 15) is 0 Å². The lowest BCUT2D eigenvalue weighted by Crippen LogP contribution is -2.48. The summed E-state index contributed by atoms with van der Waals surface area (Å²) in [7, 11) is 2.21. The van der Waals surface area contributed by atoms with E-state index in [1.807, 2.05) is 0 Å². The van der Waals surface area contributed by atoms with E-state index in [-0.39, 0.29) is 0 Å². The standard InChI is InChI=1S/C16H30N2/c1-3-18(2)5-4-17-11-16-14-7-12-6-13(9-14)10-15(16)8-12/h12-17H,3-11H2,1-2H3. The predicted octanol–water partition coefficient (Wildman–Crippen LogP) is 2.60. The maximum atomic E-state index is 3.74. The number of hydrogen-bond donors (Lipinski definition) is 1. The molecule has 2 nitrogen and oxygen atoms in total. The van der Waals surface area contributed by atoms with Gasteiger partial charge in [0.25, 0.3) is 0 Å². The number of likely N-dealkylation sites (N-methyl/N-ethyl adjacent to an activating group) is 1. The van der Waals surface area contributed by atoms with Gasteiger partial charge in [-0.2, -0.15) is 0 Å². The third-order valence-electron chi connectivity index (χ3n) is 6.01. The lowest BCUT2D eigenvalue weighted by molar-refractivity contribution is -0.0354. The lowest BCUT2D eigenvalue weighted by atomic mass is 9.52. The van der Waals surface area contributed by atoms with Crippen molar-refractivity contribution in [1.29, 1.82) is 0 Å². The largest absolute Gasteiger partial charge is 0.315 e. The molecule has 0 aliphatic heterocycles. The molecular formula is C16H30N2. The minimum atomic E-state index is 1.02. The number of rotatable bonds is 6. The summed E-state index contributed by atoms with van der Waals surface area (Å²) < 4.78 is 0. The van der Waals surface area contributed by atoms with Crippen LogP contribution in [0.5, 0.6) is 0 Å². The Labute approximate surface area is 113 Å². The van der Waals surface area contributed by atoms with E-state index >= 15 is 0 Å². The fourth-order valence-corrected chi connectivity index (χ4v) is 5.07. The van der Waals surface area contributed by atoms with Crippen LogP contribution in [0.1, 0.15) is 39.0 Å². The second kappa shape index (κ2) is 5.50. The Hall–Kier alpha value is -0.0800. The van der Waals surface area contributed by atoms with Gasteiger partial charge in [-0.3, -0.25) is 0 Å². The molecule has 4 aliphatic carbocycles. The van der Waals surface area contributed by atoms with Crippen LogP contribution in [-0.4, -0.2) is 38.1 Å². The molecule has 2 heteroatoms. The van der Waals surface area contributed by atoms with Crippen LogP contribution >= 0.6 is 0 Å². The first-order valence-electron chi connectivity index (χ1n) is 8.15. The molecule has 4 aliphatic rings. The quantitative estimate of drug-likeness (QED) is 0.729. The fraction of sp³-hybridized carbons (Fsp3) is 1.00. The molecule has 1 N–H and O–H groups in total. The lowest BCUT2D eigenvalue weighted by Gasteiger charge is -2.54. The molecule has 0 heterocycles. The highest BCUT2D eigenvalue weighted by molar-refractivity contribution is 4.98. The van der Waals surface area contributed by atoms with Crippen molar-refractivity contribution in [2.75, 3.05) is 33.2 Å². The van der Waals surface area contributed by atoms with Gasteiger partial charge < -0.3 is 10.2 Å². The minimum Gasteiger partial charge on any atom is -0.315 e. The van der Waals surface area contributed by atoms with Crippen molar-refractivity contribution in [3.05, 3.63) is 0 Å². The topological polar surface area (TPSA) is 15.3 Å². The van der Waals surface area contributed by atoms with Crippen molar-refractivity contribution < 1.29 is 0 Å². The van der Waals surface area contributed by atoms with E-state index in [2.05, 4.69) is 24.2 Å². The van der Waals surface area contributed by atoms with E-state index in [1.54, 1.807) is 32.1 Å². The minimum absolute atomic E-state index is 1.02. The predicted molar refractivity (Wildman–Crippen MR) is 76.6 cm³/mol. The van der Waals surface area contributed by atoms with Crippen LogP contribution < -0.4 is 5.32 Å². The van der Waals surface area contributed by atoms with E-state index in [4.69, 9.17) is 0 Å². The Balaban J connectivity index is 1.43. The van der Waals surface area contributed by atoms with Gasteiger partial charge in [0.1, 0.15) is 0 Å². The Morgan fingerprint density at radius 1 is 1.00 bits per heavy atom. The fourth-order valence-electron chi connectivity index (χ4n) is 5.07. The summed E-state index contributed by atoms with van der Waals surface area (Å²) in [6.45, 7) is 7.07. The molecular weight excluding hydrogens is 220 g/mol. The zero-order valence-corrected chi connectivity index (χ0v) is 12.2. The van der Waals surface area contributed by atoms with Gasteiger partial charge in [0.2, 0.25) is 0 Å². The summed E-state index contributed by atoms with van der Waals surface area (Å²) in [5, 5.41) is 3.74. The third-order valence-corrected chi connectivity index (χ3v) is 6.01. The van der Waals surface area contributed by atoms with Gasteiger partial charge in [0.05, 0.1) is 0 Å². The molecule has 18 heavy (non-hydrogen) atoms. The average molecular weight is 250 g/mol. The first-order valence-corrected chi connectivity index (χ1v) is 8.15. The van der Waals surface area contributed by atoms with Crippen LogP contribution in [0.2, 0.25) is 0 Å². The van der Waals surface area contributed by atoms with Crippen molar-refractivity contribution in [2.24, 2.45) is 29.6 Å². The maximum absolute atomic E-state index is 3.74.